The zero-order valence-electron chi connectivity index (χ0n) is 25.9. The predicted octanol–water partition coefficient (Wildman–Crippen LogP) is 6.47. The highest BCUT2D eigenvalue weighted by molar-refractivity contribution is 5.99. The summed E-state index contributed by atoms with van der Waals surface area (Å²) in [6.07, 6.45) is 3.45. The molecule has 0 saturated carbocycles. The lowest BCUT2D eigenvalue weighted by Gasteiger charge is -2.34. The number of aromatic amines is 1. The molecule has 232 valence electrons. The number of nitrogens with zero attached hydrogens (tertiary/aromatic N) is 2. The number of benzene rings is 3. The Labute approximate surface area is 258 Å². The number of urea groups is 1. The lowest BCUT2D eigenvalue weighted by Crippen LogP contribution is -2.53. The molecule has 3 aromatic carbocycles. The first-order valence-corrected chi connectivity index (χ1v) is 15.3. The van der Waals surface area contributed by atoms with Crippen molar-refractivity contribution in [2.75, 3.05) is 39.1 Å². The van der Waals surface area contributed by atoms with Gasteiger partial charge in [0.05, 0.1) is 12.3 Å². The number of fused-ring (bicyclic) bond motifs is 1. The summed E-state index contributed by atoms with van der Waals surface area (Å²) < 4.78 is 19.3. The van der Waals surface area contributed by atoms with Gasteiger partial charge in [-0.25, -0.2) is 9.18 Å². The number of halogens is 1. The molecule has 1 aliphatic heterocycles. The normalized spacial score (nSPS) is 15.3. The molecule has 3 N–H and O–H groups in total. The molecule has 4 aromatic rings. The van der Waals surface area contributed by atoms with E-state index in [0.717, 1.165) is 40.4 Å². The highest BCUT2D eigenvalue weighted by atomic mass is 19.1. The van der Waals surface area contributed by atoms with Gasteiger partial charge in [-0.15, -0.1) is 0 Å². The SMILES string of the molecule is CCOc1ccc(CN(C)C)cc1NC(=O)[C@H](NC(=O)N1CCC(c2ccc(F)cc2)CC1)[C@H](C)c1c[nH]c2ccccc12. The Kier molecular flexibility index (Phi) is 9.85. The standard InChI is InChI=1S/C35H42FN5O3/c1-5-44-32-15-10-24(22-40(3)4)20-31(32)38-34(42)33(23(2)29-21-37-30-9-7-6-8-28(29)30)39-35(43)41-18-16-26(17-19-41)25-11-13-27(36)14-12-25/h6-15,20-21,23,26,33,37H,5,16-19,22H2,1-4H3,(H,38,42)(H,39,43)/t23-,33-/m1/s1. The van der Waals surface area contributed by atoms with Gasteiger partial charge in [-0.3, -0.25) is 4.79 Å². The number of nitrogens with one attached hydrogen (secondary N) is 3. The molecule has 44 heavy (non-hydrogen) atoms. The molecule has 5 rings (SSSR count). The summed E-state index contributed by atoms with van der Waals surface area (Å²) in [5.74, 6) is -0.0731. The molecule has 8 nitrogen and oxygen atoms in total. The van der Waals surface area contributed by atoms with Gasteiger partial charge in [0.15, 0.2) is 0 Å². The minimum atomic E-state index is -0.858. The Bertz CT molecular complexity index is 1580. The number of likely N-dealkylation sites (tertiary alicyclic amines) is 1. The minimum absolute atomic E-state index is 0.253. The van der Waals surface area contributed by atoms with Crippen LogP contribution in [0, 0.1) is 5.82 Å². The molecule has 0 unspecified atom stereocenters. The summed E-state index contributed by atoms with van der Waals surface area (Å²) in [7, 11) is 3.98. The van der Waals surface area contributed by atoms with E-state index in [1.54, 1.807) is 4.90 Å². The first-order chi connectivity index (χ1) is 21.2. The van der Waals surface area contributed by atoms with Crippen molar-refractivity contribution in [1.29, 1.82) is 0 Å². The maximum absolute atomic E-state index is 14.1. The molecule has 9 heteroatoms. The fraction of sp³-hybridized carbons (Fsp3) is 0.371. The van der Waals surface area contributed by atoms with Crippen molar-refractivity contribution in [1.82, 2.24) is 20.1 Å². The van der Waals surface area contributed by atoms with Crippen molar-refractivity contribution in [3.63, 3.8) is 0 Å². The number of amides is 3. The summed E-state index contributed by atoms with van der Waals surface area (Å²) in [5, 5.41) is 7.18. The predicted molar refractivity (Wildman–Crippen MR) is 173 cm³/mol. The molecule has 1 saturated heterocycles. The average molecular weight is 600 g/mol. The largest absolute Gasteiger partial charge is 0.492 e. The summed E-state index contributed by atoms with van der Waals surface area (Å²) in [6.45, 7) is 6.12. The number of hydrogen-bond donors (Lipinski definition) is 3. The lowest BCUT2D eigenvalue weighted by atomic mass is 9.89. The van der Waals surface area contributed by atoms with Gasteiger partial charge < -0.3 is 30.2 Å². The van der Waals surface area contributed by atoms with E-state index >= 15 is 0 Å². The van der Waals surface area contributed by atoms with E-state index in [4.69, 9.17) is 4.74 Å². The van der Waals surface area contributed by atoms with E-state index in [0.29, 0.717) is 37.7 Å². The van der Waals surface area contributed by atoms with Crippen LogP contribution in [0.4, 0.5) is 14.9 Å². The molecular weight excluding hydrogens is 557 g/mol. The second-order valence-electron chi connectivity index (χ2n) is 11.8. The lowest BCUT2D eigenvalue weighted by molar-refractivity contribution is -0.118. The van der Waals surface area contributed by atoms with Crippen LogP contribution in [0.25, 0.3) is 10.9 Å². The van der Waals surface area contributed by atoms with E-state index in [9.17, 15) is 14.0 Å². The number of carbonyl (C=O) groups excluding carboxylic acids is 2. The van der Waals surface area contributed by atoms with Crippen molar-refractivity contribution in [3.05, 3.63) is 95.4 Å². The second kappa shape index (κ2) is 13.9. The van der Waals surface area contributed by atoms with Gasteiger partial charge >= 0.3 is 6.03 Å². The van der Waals surface area contributed by atoms with E-state index < -0.39 is 6.04 Å². The first kappa shape index (κ1) is 31.1. The van der Waals surface area contributed by atoms with Crippen molar-refractivity contribution < 1.29 is 18.7 Å². The fourth-order valence-electron chi connectivity index (χ4n) is 6.07. The molecule has 0 radical (unpaired) electrons. The van der Waals surface area contributed by atoms with Gasteiger partial charge in [0.2, 0.25) is 5.91 Å². The summed E-state index contributed by atoms with van der Waals surface area (Å²) >= 11 is 0. The Hall–Kier alpha value is -4.37. The molecule has 2 heterocycles. The number of rotatable bonds is 10. The minimum Gasteiger partial charge on any atom is -0.492 e. The van der Waals surface area contributed by atoms with Gasteiger partial charge in [-0.05, 0) is 86.8 Å². The first-order valence-electron chi connectivity index (χ1n) is 15.3. The zero-order chi connectivity index (χ0) is 31.2. The van der Waals surface area contributed by atoms with E-state index in [2.05, 4.69) is 20.5 Å². The molecular formula is C35H42FN5O3. The maximum atomic E-state index is 14.1. The molecule has 1 aromatic heterocycles. The van der Waals surface area contributed by atoms with Crippen LogP contribution in [0.2, 0.25) is 0 Å². The van der Waals surface area contributed by atoms with E-state index in [-0.39, 0.29) is 29.6 Å². The number of aromatic nitrogens is 1. The van der Waals surface area contributed by atoms with Crippen molar-refractivity contribution in [3.8, 4) is 5.75 Å². The zero-order valence-corrected chi connectivity index (χ0v) is 25.9. The third kappa shape index (κ3) is 7.22. The number of ether oxygens (including phenoxy) is 1. The van der Waals surface area contributed by atoms with Crippen LogP contribution in [0.3, 0.4) is 0 Å². The number of anilines is 1. The topological polar surface area (TPSA) is 89.7 Å². The maximum Gasteiger partial charge on any atom is 0.318 e. The average Bonchev–Trinajstić information content (AvgIpc) is 3.45. The Morgan fingerprint density at radius 1 is 1.07 bits per heavy atom. The summed E-state index contributed by atoms with van der Waals surface area (Å²) in [6, 6.07) is 19.2. The molecule has 2 atom stereocenters. The number of carbonyl (C=O) groups is 2. The second-order valence-corrected chi connectivity index (χ2v) is 11.8. The smallest absolute Gasteiger partial charge is 0.318 e. The summed E-state index contributed by atoms with van der Waals surface area (Å²) in [5.41, 5.74) is 4.60. The van der Waals surface area contributed by atoms with Crippen LogP contribution in [0.15, 0.2) is 72.9 Å². The van der Waals surface area contributed by atoms with Crippen LogP contribution >= 0.6 is 0 Å². The van der Waals surface area contributed by atoms with Gasteiger partial charge in [0.25, 0.3) is 0 Å². The fourth-order valence-corrected chi connectivity index (χ4v) is 6.07. The molecule has 1 aliphatic rings. The van der Waals surface area contributed by atoms with Crippen LogP contribution in [-0.4, -0.2) is 66.6 Å². The molecule has 0 aliphatic carbocycles. The molecule has 3 amide bonds. The number of H-pyrrole nitrogens is 1. The Morgan fingerprint density at radius 2 is 1.80 bits per heavy atom. The third-order valence-electron chi connectivity index (χ3n) is 8.40. The Morgan fingerprint density at radius 3 is 2.50 bits per heavy atom. The van der Waals surface area contributed by atoms with Crippen molar-refractivity contribution in [2.45, 2.75) is 51.1 Å². The molecule has 0 spiro atoms. The van der Waals surface area contributed by atoms with Gasteiger partial charge in [0.1, 0.15) is 17.6 Å². The van der Waals surface area contributed by atoms with Crippen molar-refractivity contribution in [2.24, 2.45) is 0 Å². The van der Waals surface area contributed by atoms with Crippen LogP contribution < -0.4 is 15.4 Å². The van der Waals surface area contributed by atoms with Crippen LogP contribution in [0.1, 0.15) is 55.2 Å². The third-order valence-corrected chi connectivity index (χ3v) is 8.40. The van der Waals surface area contributed by atoms with Gasteiger partial charge in [-0.2, -0.15) is 0 Å². The van der Waals surface area contributed by atoms with Crippen LogP contribution in [-0.2, 0) is 11.3 Å². The number of hydrogen-bond acceptors (Lipinski definition) is 4. The Balaban J connectivity index is 1.37. The molecule has 1 fully saturated rings. The van der Waals surface area contributed by atoms with Crippen molar-refractivity contribution >= 4 is 28.5 Å². The monoisotopic (exact) mass is 599 g/mol. The van der Waals surface area contributed by atoms with E-state index in [1.165, 1.54) is 12.1 Å². The van der Waals surface area contributed by atoms with E-state index in [1.807, 2.05) is 88.7 Å². The quantitative estimate of drug-likeness (QED) is 0.195. The van der Waals surface area contributed by atoms with Gasteiger partial charge in [-0.1, -0.05) is 43.3 Å². The number of piperidine rings is 1. The van der Waals surface area contributed by atoms with Gasteiger partial charge in [0, 0.05) is 42.7 Å². The highest BCUT2D eigenvalue weighted by Gasteiger charge is 2.33. The number of para-hydroxylation sites is 1. The highest BCUT2D eigenvalue weighted by Crippen LogP contribution is 2.32. The van der Waals surface area contributed by atoms with Crippen LogP contribution in [0.5, 0.6) is 5.75 Å². The summed E-state index contributed by atoms with van der Waals surface area (Å²) in [4.78, 5) is 34.9. The molecule has 0 bridgehead atoms.